The lowest BCUT2D eigenvalue weighted by molar-refractivity contribution is 0.593. The molecule has 100 valence electrons. The van der Waals surface area contributed by atoms with Crippen molar-refractivity contribution in [1.82, 2.24) is 0 Å². The van der Waals surface area contributed by atoms with E-state index in [4.69, 9.17) is 0 Å². The number of sulfone groups is 1. The quantitative estimate of drug-likeness (QED) is 0.870. The smallest absolute Gasteiger partial charge is 0.183 e. The summed E-state index contributed by atoms with van der Waals surface area (Å²) in [5.41, 5.74) is 0.920. The van der Waals surface area contributed by atoms with Gasteiger partial charge in [0.15, 0.2) is 9.84 Å². The minimum absolute atomic E-state index is 0.216. The van der Waals surface area contributed by atoms with Gasteiger partial charge in [-0.05, 0) is 17.7 Å². The second-order valence-corrected chi connectivity index (χ2v) is 7.02. The molecule has 1 aliphatic rings. The van der Waals surface area contributed by atoms with Crippen LogP contribution in [0.4, 0.5) is 0 Å². The van der Waals surface area contributed by atoms with Gasteiger partial charge in [-0.2, -0.15) is 5.26 Å². The number of benzene rings is 2. The van der Waals surface area contributed by atoms with E-state index in [1.807, 2.05) is 30.3 Å². The zero-order chi connectivity index (χ0) is 14.2. The first kappa shape index (κ1) is 12.9. The molecule has 0 aromatic heterocycles. The Labute approximate surface area is 118 Å². The first-order valence-corrected chi connectivity index (χ1v) is 7.94. The van der Waals surface area contributed by atoms with Crippen molar-refractivity contribution in [3.63, 3.8) is 0 Å². The minimum atomic E-state index is -3.45. The topological polar surface area (TPSA) is 57.9 Å². The molecule has 1 fully saturated rings. The first-order valence-electron chi connectivity index (χ1n) is 6.40. The van der Waals surface area contributed by atoms with Gasteiger partial charge in [0.05, 0.1) is 22.1 Å². The van der Waals surface area contributed by atoms with Crippen molar-refractivity contribution in [3.05, 3.63) is 66.2 Å². The van der Waals surface area contributed by atoms with Crippen LogP contribution in [0.15, 0.2) is 65.6 Å². The van der Waals surface area contributed by atoms with Crippen molar-refractivity contribution in [1.29, 1.82) is 5.26 Å². The predicted octanol–water partition coefficient (Wildman–Crippen LogP) is 2.77. The van der Waals surface area contributed by atoms with Crippen LogP contribution in [0, 0.1) is 17.2 Å². The van der Waals surface area contributed by atoms with Crippen LogP contribution in [0.2, 0.25) is 0 Å². The molecule has 0 saturated heterocycles. The van der Waals surface area contributed by atoms with Crippen molar-refractivity contribution in [3.8, 4) is 6.07 Å². The second-order valence-electron chi connectivity index (χ2n) is 4.91. The summed E-state index contributed by atoms with van der Waals surface area (Å²) in [4.78, 5) is 0.295. The van der Waals surface area contributed by atoms with Gasteiger partial charge in [0, 0.05) is 5.92 Å². The Balaban J connectivity index is 1.98. The Morgan fingerprint density at radius 2 is 1.45 bits per heavy atom. The third-order valence-electron chi connectivity index (χ3n) is 3.72. The van der Waals surface area contributed by atoms with Gasteiger partial charge in [0.1, 0.15) is 0 Å². The molecule has 2 aromatic rings. The molecule has 0 amide bonds. The van der Waals surface area contributed by atoms with Crippen molar-refractivity contribution in [2.24, 2.45) is 5.92 Å². The van der Waals surface area contributed by atoms with E-state index in [1.54, 1.807) is 30.3 Å². The Morgan fingerprint density at radius 3 is 2.00 bits per heavy atom. The Bertz CT molecular complexity index is 748. The highest BCUT2D eigenvalue weighted by Crippen LogP contribution is 2.53. The van der Waals surface area contributed by atoms with Crippen LogP contribution in [-0.4, -0.2) is 13.7 Å². The van der Waals surface area contributed by atoms with E-state index in [0.29, 0.717) is 4.90 Å². The highest BCUT2D eigenvalue weighted by molar-refractivity contribution is 7.92. The van der Waals surface area contributed by atoms with E-state index in [2.05, 4.69) is 6.07 Å². The molecule has 0 spiro atoms. The zero-order valence-electron chi connectivity index (χ0n) is 10.7. The lowest BCUT2D eigenvalue weighted by atomic mass is 10.1. The Kier molecular flexibility index (Phi) is 3.07. The molecule has 3 atom stereocenters. The fourth-order valence-electron chi connectivity index (χ4n) is 2.66. The van der Waals surface area contributed by atoms with E-state index in [9.17, 15) is 13.7 Å². The fourth-order valence-corrected chi connectivity index (χ4v) is 4.75. The van der Waals surface area contributed by atoms with Crippen molar-refractivity contribution in [2.75, 3.05) is 0 Å². The summed E-state index contributed by atoms with van der Waals surface area (Å²) in [6, 6.07) is 19.9. The molecule has 0 N–H and O–H groups in total. The number of hydrogen-bond acceptors (Lipinski definition) is 3. The van der Waals surface area contributed by atoms with Gasteiger partial charge in [-0.15, -0.1) is 0 Å². The maximum Gasteiger partial charge on any atom is 0.183 e. The van der Waals surface area contributed by atoms with E-state index in [-0.39, 0.29) is 5.92 Å². The molecule has 4 heteroatoms. The molecule has 0 bridgehead atoms. The van der Waals surface area contributed by atoms with Gasteiger partial charge in [0.25, 0.3) is 0 Å². The molecular weight excluding hydrogens is 270 g/mol. The molecule has 1 saturated carbocycles. The summed E-state index contributed by atoms with van der Waals surface area (Å²) in [6.45, 7) is 0. The Hall–Kier alpha value is -2.12. The Morgan fingerprint density at radius 1 is 0.900 bits per heavy atom. The molecule has 0 radical (unpaired) electrons. The van der Waals surface area contributed by atoms with Crippen molar-refractivity contribution in [2.45, 2.75) is 16.1 Å². The predicted molar refractivity (Wildman–Crippen MR) is 75.7 cm³/mol. The molecular formula is C16H13NO2S. The van der Waals surface area contributed by atoms with Crippen LogP contribution in [0.5, 0.6) is 0 Å². The van der Waals surface area contributed by atoms with Gasteiger partial charge in [0.2, 0.25) is 0 Å². The van der Waals surface area contributed by atoms with Crippen LogP contribution in [0.3, 0.4) is 0 Å². The minimum Gasteiger partial charge on any atom is -0.223 e. The maximum absolute atomic E-state index is 12.6. The maximum atomic E-state index is 12.6. The largest absolute Gasteiger partial charge is 0.223 e. The summed E-state index contributed by atoms with van der Waals surface area (Å²) in [7, 11) is -3.45. The highest BCUT2D eigenvalue weighted by Gasteiger charge is 2.59. The third-order valence-corrected chi connectivity index (χ3v) is 5.95. The third kappa shape index (κ3) is 2.00. The normalized spacial score (nSPS) is 24.9. The summed E-state index contributed by atoms with van der Waals surface area (Å²) in [5.74, 6) is -0.672. The monoisotopic (exact) mass is 283 g/mol. The summed E-state index contributed by atoms with van der Waals surface area (Å²) in [5, 5.41) is 8.58. The lowest BCUT2D eigenvalue weighted by Crippen LogP contribution is -2.10. The number of hydrogen-bond donors (Lipinski definition) is 0. The summed E-state index contributed by atoms with van der Waals surface area (Å²) in [6.07, 6.45) is 0. The summed E-state index contributed by atoms with van der Waals surface area (Å²) < 4.78 is 25.2. The van der Waals surface area contributed by atoms with Gasteiger partial charge in [-0.1, -0.05) is 48.5 Å². The van der Waals surface area contributed by atoms with Crippen molar-refractivity contribution >= 4 is 9.84 Å². The molecule has 3 unspecified atom stereocenters. The van der Waals surface area contributed by atoms with Crippen LogP contribution < -0.4 is 0 Å². The SMILES string of the molecule is N#CC1C(c2ccccc2)C1S(=O)(=O)c1ccccc1. The molecule has 0 aliphatic heterocycles. The van der Waals surface area contributed by atoms with E-state index in [1.165, 1.54) is 0 Å². The number of nitriles is 1. The van der Waals surface area contributed by atoms with Crippen LogP contribution in [0.25, 0.3) is 0 Å². The van der Waals surface area contributed by atoms with E-state index < -0.39 is 21.0 Å². The molecule has 3 nitrogen and oxygen atoms in total. The molecule has 2 aromatic carbocycles. The van der Waals surface area contributed by atoms with Gasteiger partial charge in [-0.25, -0.2) is 8.42 Å². The van der Waals surface area contributed by atoms with E-state index in [0.717, 1.165) is 5.56 Å². The van der Waals surface area contributed by atoms with Gasteiger partial charge >= 0.3 is 0 Å². The van der Waals surface area contributed by atoms with Crippen LogP contribution >= 0.6 is 0 Å². The molecule has 20 heavy (non-hydrogen) atoms. The van der Waals surface area contributed by atoms with Crippen LogP contribution in [-0.2, 0) is 9.84 Å². The van der Waals surface area contributed by atoms with Crippen molar-refractivity contribution < 1.29 is 8.42 Å². The lowest BCUT2D eigenvalue weighted by Gasteiger charge is -2.03. The van der Waals surface area contributed by atoms with E-state index >= 15 is 0 Å². The molecule has 3 rings (SSSR count). The first-order chi connectivity index (χ1) is 9.66. The number of rotatable bonds is 3. The average molecular weight is 283 g/mol. The standard InChI is InChI=1S/C16H13NO2S/c17-11-14-15(12-7-3-1-4-8-12)16(14)20(18,19)13-9-5-2-6-10-13/h1-10,14-16H. The van der Waals surface area contributed by atoms with Gasteiger partial charge < -0.3 is 0 Å². The molecule has 0 heterocycles. The highest BCUT2D eigenvalue weighted by atomic mass is 32.2. The average Bonchev–Trinajstić information content (AvgIpc) is 3.24. The molecule has 1 aliphatic carbocycles. The zero-order valence-corrected chi connectivity index (χ0v) is 11.5. The van der Waals surface area contributed by atoms with Gasteiger partial charge in [-0.3, -0.25) is 0 Å². The van der Waals surface area contributed by atoms with Crippen LogP contribution in [0.1, 0.15) is 11.5 Å². The number of nitrogens with zero attached hydrogens (tertiary/aromatic N) is 1. The fraction of sp³-hybridized carbons (Fsp3) is 0.188. The second kappa shape index (κ2) is 4.77. The summed E-state index contributed by atoms with van der Waals surface area (Å²) >= 11 is 0.